The van der Waals surface area contributed by atoms with Crippen LogP contribution in [0.5, 0.6) is 0 Å². The van der Waals surface area contributed by atoms with Gasteiger partial charge in [0.15, 0.2) is 4.34 Å². The van der Waals surface area contributed by atoms with Gasteiger partial charge >= 0.3 is 0 Å². The molecule has 0 fully saturated rings. The van der Waals surface area contributed by atoms with Gasteiger partial charge in [0.05, 0.1) is 15.5 Å². The fourth-order valence-corrected chi connectivity index (χ4v) is 5.80. The van der Waals surface area contributed by atoms with E-state index in [-0.39, 0.29) is 5.25 Å². The molecule has 0 aliphatic heterocycles. The Hall–Kier alpha value is -2.27. The predicted octanol–water partition coefficient (Wildman–Crippen LogP) is 7.31. The van der Waals surface area contributed by atoms with Crippen LogP contribution in [0, 0.1) is 0 Å². The van der Waals surface area contributed by atoms with Gasteiger partial charge in [0, 0.05) is 22.1 Å². The summed E-state index contributed by atoms with van der Waals surface area (Å²) in [4.78, 5) is 8.24. The molecule has 1 unspecified atom stereocenters. The van der Waals surface area contributed by atoms with Crippen molar-refractivity contribution in [3.63, 3.8) is 0 Å². The topological polar surface area (TPSA) is 28.7 Å². The SMILES string of the molecule is Clc1ccc(C(Sc2nc3ccccc3s2)c2c[nH]c3ccccc23)cc1. The van der Waals surface area contributed by atoms with Gasteiger partial charge in [-0.15, -0.1) is 11.3 Å². The summed E-state index contributed by atoms with van der Waals surface area (Å²) in [6.07, 6.45) is 2.12. The van der Waals surface area contributed by atoms with E-state index < -0.39 is 0 Å². The summed E-state index contributed by atoms with van der Waals surface area (Å²) < 4.78 is 2.29. The summed E-state index contributed by atoms with van der Waals surface area (Å²) in [5.41, 5.74) is 4.68. The zero-order valence-corrected chi connectivity index (χ0v) is 16.6. The fraction of sp³-hybridized carbons (Fsp3) is 0.0455. The highest BCUT2D eigenvalue weighted by atomic mass is 35.5. The summed E-state index contributed by atoms with van der Waals surface area (Å²) in [5, 5.41) is 2.13. The van der Waals surface area contributed by atoms with Crippen molar-refractivity contribution in [3.8, 4) is 0 Å². The van der Waals surface area contributed by atoms with Crippen molar-refractivity contribution in [2.45, 2.75) is 9.59 Å². The average Bonchev–Trinajstić information content (AvgIpc) is 3.30. The molecule has 1 N–H and O–H groups in total. The van der Waals surface area contributed by atoms with E-state index in [0.29, 0.717) is 0 Å². The van der Waals surface area contributed by atoms with E-state index in [1.807, 2.05) is 18.2 Å². The van der Waals surface area contributed by atoms with Gasteiger partial charge in [-0.1, -0.05) is 65.8 Å². The maximum Gasteiger partial charge on any atom is 0.152 e. The number of nitrogens with zero attached hydrogens (tertiary/aromatic N) is 1. The van der Waals surface area contributed by atoms with Crippen molar-refractivity contribution in [2.24, 2.45) is 0 Å². The van der Waals surface area contributed by atoms with Crippen molar-refractivity contribution >= 4 is 55.8 Å². The van der Waals surface area contributed by atoms with Crippen LogP contribution in [0.25, 0.3) is 21.1 Å². The molecular formula is C22H15ClN2S2. The Kier molecular flexibility index (Phi) is 4.40. The molecule has 0 saturated carbocycles. The van der Waals surface area contributed by atoms with E-state index in [9.17, 15) is 0 Å². The predicted molar refractivity (Wildman–Crippen MR) is 117 cm³/mol. The third-order valence-electron chi connectivity index (χ3n) is 4.57. The number of thioether (sulfide) groups is 1. The number of thiazole rings is 1. The van der Waals surface area contributed by atoms with Crippen molar-refractivity contribution in [3.05, 3.63) is 95.1 Å². The molecule has 0 aliphatic carbocycles. The maximum atomic E-state index is 6.13. The van der Waals surface area contributed by atoms with E-state index >= 15 is 0 Å². The van der Waals surface area contributed by atoms with Gasteiger partial charge in [-0.25, -0.2) is 4.98 Å². The van der Waals surface area contributed by atoms with Gasteiger partial charge in [-0.3, -0.25) is 0 Å². The van der Waals surface area contributed by atoms with E-state index in [1.165, 1.54) is 21.2 Å². The molecule has 0 saturated heterocycles. The molecule has 2 aromatic heterocycles. The van der Waals surface area contributed by atoms with E-state index in [0.717, 1.165) is 20.4 Å². The normalized spacial score (nSPS) is 12.6. The summed E-state index contributed by atoms with van der Waals surface area (Å²) in [6.45, 7) is 0. The Balaban J connectivity index is 1.62. The van der Waals surface area contributed by atoms with E-state index in [2.05, 4.69) is 65.8 Å². The lowest BCUT2D eigenvalue weighted by Crippen LogP contribution is -1.96. The Morgan fingerprint density at radius 3 is 2.56 bits per heavy atom. The second kappa shape index (κ2) is 7.04. The smallest absolute Gasteiger partial charge is 0.152 e. The van der Waals surface area contributed by atoms with Crippen LogP contribution in [0.2, 0.25) is 5.02 Å². The highest BCUT2D eigenvalue weighted by Gasteiger charge is 2.21. The van der Waals surface area contributed by atoms with Gasteiger partial charge in [-0.2, -0.15) is 0 Å². The molecule has 3 aromatic carbocycles. The van der Waals surface area contributed by atoms with Crippen LogP contribution in [-0.2, 0) is 0 Å². The molecular weight excluding hydrogens is 392 g/mol. The molecule has 5 aromatic rings. The standard InChI is InChI=1S/C22H15ClN2S2/c23-15-11-9-14(10-12-15)21(17-13-24-18-6-2-1-5-16(17)18)27-22-25-19-7-3-4-8-20(19)26-22/h1-13,21,24H. The summed E-state index contributed by atoms with van der Waals surface area (Å²) in [7, 11) is 0. The fourth-order valence-electron chi connectivity index (χ4n) is 3.26. The number of aromatic amines is 1. The summed E-state index contributed by atoms with van der Waals surface area (Å²) >= 11 is 9.66. The van der Waals surface area contributed by atoms with Crippen LogP contribution >= 0.6 is 34.7 Å². The minimum atomic E-state index is 0.138. The highest BCUT2D eigenvalue weighted by molar-refractivity contribution is 8.01. The van der Waals surface area contributed by atoms with Crippen LogP contribution in [0.4, 0.5) is 0 Å². The number of hydrogen-bond acceptors (Lipinski definition) is 3. The number of fused-ring (bicyclic) bond motifs is 2. The second-order valence-corrected chi connectivity index (χ2v) is 9.11. The third kappa shape index (κ3) is 3.25. The largest absolute Gasteiger partial charge is 0.361 e. The number of nitrogens with one attached hydrogen (secondary N) is 1. The number of halogens is 1. The van der Waals surface area contributed by atoms with Gasteiger partial charge in [-0.05, 0) is 41.5 Å². The molecule has 5 rings (SSSR count). The minimum Gasteiger partial charge on any atom is -0.361 e. The first-order valence-corrected chi connectivity index (χ1v) is 10.7. The Morgan fingerprint density at radius 2 is 1.70 bits per heavy atom. The number of para-hydroxylation sites is 2. The van der Waals surface area contributed by atoms with Crippen LogP contribution < -0.4 is 0 Å². The van der Waals surface area contributed by atoms with E-state index in [4.69, 9.17) is 16.6 Å². The van der Waals surface area contributed by atoms with Gasteiger partial charge in [0.2, 0.25) is 0 Å². The lowest BCUT2D eigenvalue weighted by Gasteiger charge is -2.15. The number of rotatable bonds is 4. The Bertz CT molecular complexity index is 1190. The molecule has 27 heavy (non-hydrogen) atoms. The molecule has 0 radical (unpaired) electrons. The van der Waals surface area contributed by atoms with Gasteiger partial charge < -0.3 is 4.98 Å². The first kappa shape index (κ1) is 16.9. The molecule has 0 amide bonds. The maximum absolute atomic E-state index is 6.13. The zero-order chi connectivity index (χ0) is 18.2. The Morgan fingerprint density at radius 1 is 0.926 bits per heavy atom. The minimum absolute atomic E-state index is 0.138. The third-order valence-corrected chi connectivity index (χ3v) is 7.25. The molecule has 0 spiro atoms. The van der Waals surface area contributed by atoms with Crippen molar-refractivity contribution < 1.29 is 0 Å². The summed E-state index contributed by atoms with van der Waals surface area (Å²) in [5.74, 6) is 0. The molecule has 2 heterocycles. The van der Waals surface area contributed by atoms with Crippen molar-refractivity contribution in [1.82, 2.24) is 9.97 Å². The first-order valence-electron chi connectivity index (χ1n) is 8.62. The number of hydrogen-bond donors (Lipinski definition) is 1. The number of aromatic nitrogens is 2. The lowest BCUT2D eigenvalue weighted by atomic mass is 10.0. The number of H-pyrrole nitrogens is 1. The van der Waals surface area contributed by atoms with Crippen LogP contribution in [0.15, 0.2) is 83.3 Å². The highest BCUT2D eigenvalue weighted by Crippen LogP contribution is 2.45. The second-order valence-electron chi connectivity index (χ2n) is 6.29. The van der Waals surface area contributed by atoms with Gasteiger partial charge in [0.1, 0.15) is 0 Å². The average molecular weight is 407 g/mol. The van der Waals surface area contributed by atoms with Gasteiger partial charge in [0.25, 0.3) is 0 Å². The van der Waals surface area contributed by atoms with Crippen LogP contribution in [0.3, 0.4) is 0 Å². The van der Waals surface area contributed by atoms with Crippen molar-refractivity contribution in [2.75, 3.05) is 0 Å². The Labute approximate surface area is 170 Å². The summed E-state index contributed by atoms with van der Waals surface area (Å²) in [6, 6.07) is 24.8. The first-order chi connectivity index (χ1) is 13.3. The molecule has 2 nitrogen and oxygen atoms in total. The monoisotopic (exact) mass is 406 g/mol. The van der Waals surface area contributed by atoms with Crippen LogP contribution in [-0.4, -0.2) is 9.97 Å². The lowest BCUT2D eigenvalue weighted by molar-refractivity contribution is 1.15. The van der Waals surface area contributed by atoms with Crippen molar-refractivity contribution in [1.29, 1.82) is 0 Å². The van der Waals surface area contributed by atoms with E-state index in [1.54, 1.807) is 23.1 Å². The quantitative estimate of drug-likeness (QED) is 0.317. The molecule has 1 atom stereocenters. The molecule has 132 valence electrons. The molecule has 0 bridgehead atoms. The zero-order valence-electron chi connectivity index (χ0n) is 14.2. The molecule has 0 aliphatic rings. The van der Waals surface area contributed by atoms with Crippen LogP contribution in [0.1, 0.15) is 16.4 Å². The molecule has 5 heteroatoms. The number of benzene rings is 3.